The predicted molar refractivity (Wildman–Crippen MR) is 101 cm³/mol. The van der Waals surface area contributed by atoms with E-state index in [4.69, 9.17) is 19.9 Å². The maximum absolute atomic E-state index is 11.8. The zero-order valence-corrected chi connectivity index (χ0v) is 15.3. The number of benzene rings is 2. The van der Waals surface area contributed by atoms with Crippen LogP contribution in [0.4, 0.5) is 5.69 Å². The highest BCUT2D eigenvalue weighted by molar-refractivity contribution is 5.93. The van der Waals surface area contributed by atoms with Crippen LogP contribution in [-0.2, 0) is 9.47 Å². The summed E-state index contributed by atoms with van der Waals surface area (Å²) < 4.78 is 15.3. The fourth-order valence-electron chi connectivity index (χ4n) is 2.65. The summed E-state index contributed by atoms with van der Waals surface area (Å²) in [7, 11) is 4.53. The molecule has 6 heteroatoms. The molecule has 2 rings (SSSR count). The van der Waals surface area contributed by atoms with Crippen LogP contribution in [0.1, 0.15) is 28.3 Å². The van der Waals surface area contributed by atoms with Crippen LogP contribution in [0.3, 0.4) is 0 Å². The Hall–Kier alpha value is -2.86. The van der Waals surface area contributed by atoms with Gasteiger partial charge in [-0.05, 0) is 30.2 Å². The molecule has 0 radical (unpaired) electrons. The van der Waals surface area contributed by atoms with E-state index in [2.05, 4.69) is 4.99 Å². The van der Waals surface area contributed by atoms with Crippen molar-refractivity contribution in [1.29, 1.82) is 0 Å². The maximum atomic E-state index is 11.8. The Kier molecular flexibility index (Phi) is 7.17. The smallest absolute Gasteiger partial charge is 0.337 e. The van der Waals surface area contributed by atoms with E-state index in [9.17, 15) is 4.79 Å². The van der Waals surface area contributed by atoms with Gasteiger partial charge >= 0.3 is 5.97 Å². The second kappa shape index (κ2) is 9.58. The largest absolute Gasteiger partial charge is 0.494 e. The Balaban J connectivity index is 2.42. The summed E-state index contributed by atoms with van der Waals surface area (Å²) >= 11 is 0. The summed E-state index contributed by atoms with van der Waals surface area (Å²) in [6, 6.07) is 14.8. The molecule has 0 fully saturated rings. The normalized spacial score (nSPS) is 12.5. The number of carbonyl (C=O) groups is 1. The zero-order chi connectivity index (χ0) is 18.9. The lowest BCUT2D eigenvalue weighted by atomic mass is 9.95. The molecule has 2 aromatic rings. The van der Waals surface area contributed by atoms with Gasteiger partial charge in [0.15, 0.2) is 0 Å². The number of ether oxygens (including phenoxy) is 3. The first-order valence-corrected chi connectivity index (χ1v) is 8.25. The minimum absolute atomic E-state index is 0.109. The lowest BCUT2D eigenvalue weighted by molar-refractivity contribution is 0.0600. The van der Waals surface area contributed by atoms with Gasteiger partial charge in [0.25, 0.3) is 0 Å². The van der Waals surface area contributed by atoms with Gasteiger partial charge in [-0.1, -0.05) is 30.3 Å². The van der Waals surface area contributed by atoms with Crippen LogP contribution in [0, 0.1) is 0 Å². The molecule has 0 aromatic heterocycles. The van der Waals surface area contributed by atoms with Gasteiger partial charge in [-0.15, -0.1) is 0 Å². The number of amidine groups is 1. The number of nitrogens with zero attached hydrogens (tertiary/aromatic N) is 1. The average Bonchev–Trinajstić information content (AvgIpc) is 2.68. The molecule has 0 heterocycles. The summed E-state index contributed by atoms with van der Waals surface area (Å²) in [5.74, 6) is 0.400. The molecule has 0 saturated heterocycles. The van der Waals surface area contributed by atoms with E-state index in [1.54, 1.807) is 32.4 Å². The molecule has 26 heavy (non-hydrogen) atoms. The second-order valence-corrected chi connectivity index (χ2v) is 5.66. The predicted octanol–water partition coefficient (Wildman–Crippen LogP) is 3.29. The topological polar surface area (TPSA) is 83.1 Å². The molecule has 1 unspecified atom stereocenters. The fourth-order valence-corrected chi connectivity index (χ4v) is 2.65. The highest BCUT2D eigenvalue weighted by atomic mass is 16.5. The monoisotopic (exact) mass is 356 g/mol. The Morgan fingerprint density at radius 3 is 2.46 bits per heavy atom. The third kappa shape index (κ3) is 4.83. The third-order valence-electron chi connectivity index (χ3n) is 4.02. The molecule has 2 N–H and O–H groups in total. The second-order valence-electron chi connectivity index (χ2n) is 5.66. The number of hydrogen-bond donors (Lipinski definition) is 1. The van der Waals surface area contributed by atoms with Crippen LogP contribution in [-0.4, -0.2) is 39.7 Å². The number of methoxy groups -OCH3 is 3. The van der Waals surface area contributed by atoms with Crippen molar-refractivity contribution in [3.63, 3.8) is 0 Å². The van der Waals surface area contributed by atoms with Crippen molar-refractivity contribution < 1.29 is 19.0 Å². The van der Waals surface area contributed by atoms with Crippen molar-refractivity contribution in [3.05, 3.63) is 59.7 Å². The van der Waals surface area contributed by atoms with Crippen molar-refractivity contribution in [3.8, 4) is 5.75 Å². The zero-order valence-electron chi connectivity index (χ0n) is 15.3. The average molecular weight is 356 g/mol. The number of esters is 1. The van der Waals surface area contributed by atoms with Crippen molar-refractivity contribution >= 4 is 17.5 Å². The number of nitrogens with two attached hydrogens (primary N) is 1. The molecule has 0 bridgehead atoms. The van der Waals surface area contributed by atoms with E-state index >= 15 is 0 Å². The molecule has 0 saturated carbocycles. The summed E-state index contributed by atoms with van der Waals surface area (Å²) in [5, 5.41) is 0. The lowest BCUT2D eigenvalue weighted by Crippen LogP contribution is -2.23. The minimum Gasteiger partial charge on any atom is -0.494 e. The Morgan fingerprint density at radius 2 is 1.85 bits per heavy atom. The Labute approximate surface area is 153 Å². The van der Waals surface area contributed by atoms with Gasteiger partial charge in [0.2, 0.25) is 0 Å². The van der Waals surface area contributed by atoms with E-state index in [1.807, 2.05) is 30.3 Å². The first kappa shape index (κ1) is 19.5. The van der Waals surface area contributed by atoms with Gasteiger partial charge in [0.1, 0.15) is 17.3 Å². The third-order valence-corrected chi connectivity index (χ3v) is 4.02. The standard InChI is InChI=1S/C20H24N2O4/c1-24-12-11-16(14-7-5-4-6-8-14)19(21)22-17-13-15(20(23)26-3)9-10-18(17)25-2/h4-10,13,16H,11-12H2,1-3H3,(H2,21,22). The van der Waals surface area contributed by atoms with Gasteiger partial charge in [0, 0.05) is 19.6 Å². The molecule has 0 aliphatic carbocycles. The highest BCUT2D eigenvalue weighted by Crippen LogP contribution is 2.30. The van der Waals surface area contributed by atoms with Crippen molar-refractivity contribution in [2.45, 2.75) is 12.3 Å². The summed E-state index contributed by atoms with van der Waals surface area (Å²) in [6.45, 7) is 0.551. The van der Waals surface area contributed by atoms with Gasteiger partial charge in [-0.25, -0.2) is 9.79 Å². The van der Waals surface area contributed by atoms with E-state index in [-0.39, 0.29) is 5.92 Å². The molecule has 2 aromatic carbocycles. The molecule has 1 atom stereocenters. The van der Waals surface area contributed by atoms with E-state index in [0.717, 1.165) is 5.56 Å². The highest BCUT2D eigenvalue weighted by Gasteiger charge is 2.17. The van der Waals surface area contributed by atoms with Crippen LogP contribution in [0.15, 0.2) is 53.5 Å². The summed E-state index contributed by atoms with van der Waals surface area (Å²) in [6.07, 6.45) is 0.689. The van der Waals surface area contributed by atoms with E-state index in [0.29, 0.717) is 35.9 Å². The van der Waals surface area contributed by atoms with Gasteiger partial charge in [-0.2, -0.15) is 0 Å². The number of hydrogen-bond acceptors (Lipinski definition) is 5. The number of carbonyl (C=O) groups excluding carboxylic acids is 1. The van der Waals surface area contributed by atoms with Gasteiger partial charge < -0.3 is 19.9 Å². The van der Waals surface area contributed by atoms with Crippen molar-refractivity contribution in [2.75, 3.05) is 27.9 Å². The number of aliphatic imine (C=N–C) groups is 1. The fraction of sp³-hybridized carbons (Fsp3) is 0.300. The molecule has 0 aliphatic rings. The molecule has 138 valence electrons. The Bertz CT molecular complexity index is 760. The molecule has 0 amide bonds. The van der Waals surface area contributed by atoms with Crippen molar-refractivity contribution in [2.24, 2.45) is 10.7 Å². The quantitative estimate of drug-likeness (QED) is 0.446. The maximum Gasteiger partial charge on any atom is 0.337 e. The lowest BCUT2D eigenvalue weighted by Gasteiger charge is -2.17. The van der Waals surface area contributed by atoms with Crippen LogP contribution < -0.4 is 10.5 Å². The summed E-state index contributed by atoms with van der Waals surface area (Å²) in [4.78, 5) is 16.3. The van der Waals surface area contributed by atoms with Crippen LogP contribution in [0.5, 0.6) is 5.75 Å². The van der Waals surface area contributed by atoms with E-state index in [1.165, 1.54) is 7.11 Å². The SMILES string of the molecule is COCCC(C(N)=Nc1cc(C(=O)OC)ccc1OC)c1ccccc1. The molecule has 0 aliphatic heterocycles. The summed E-state index contributed by atoms with van der Waals surface area (Å²) in [5.41, 5.74) is 8.24. The molecular weight excluding hydrogens is 332 g/mol. The van der Waals surface area contributed by atoms with Gasteiger partial charge in [-0.3, -0.25) is 0 Å². The van der Waals surface area contributed by atoms with Crippen LogP contribution in [0.2, 0.25) is 0 Å². The molecular formula is C20H24N2O4. The van der Waals surface area contributed by atoms with Crippen LogP contribution in [0.25, 0.3) is 0 Å². The van der Waals surface area contributed by atoms with E-state index < -0.39 is 5.97 Å². The van der Waals surface area contributed by atoms with Crippen molar-refractivity contribution in [1.82, 2.24) is 0 Å². The first-order chi connectivity index (χ1) is 12.6. The van der Waals surface area contributed by atoms with Gasteiger partial charge in [0.05, 0.1) is 19.8 Å². The minimum atomic E-state index is -0.443. The first-order valence-electron chi connectivity index (χ1n) is 8.25. The number of rotatable bonds is 8. The Morgan fingerprint density at radius 1 is 1.12 bits per heavy atom. The molecule has 0 spiro atoms. The van der Waals surface area contributed by atoms with Crippen LogP contribution >= 0.6 is 0 Å². The molecule has 6 nitrogen and oxygen atoms in total.